The molecule has 2 aliphatic rings. The van der Waals surface area contributed by atoms with Crippen molar-refractivity contribution in [1.82, 2.24) is 10.3 Å². The molecule has 27 heavy (non-hydrogen) atoms. The van der Waals surface area contributed by atoms with Gasteiger partial charge in [0.15, 0.2) is 0 Å². The van der Waals surface area contributed by atoms with Crippen molar-refractivity contribution < 1.29 is 4.79 Å². The summed E-state index contributed by atoms with van der Waals surface area (Å²) in [6, 6.07) is 6.37. The fraction of sp³-hybridized carbons (Fsp3) is 0.591. The summed E-state index contributed by atoms with van der Waals surface area (Å²) in [6.07, 6.45) is 12.8. The second-order valence-electron chi connectivity index (χ2n) is 8.60. The molecule has 2 fully saturated rings. The van der Waals surface area contributed by atoms with E-state index in [4.69, 9.17) is 17.3 Å². The highest BCUT2D eigenvalue weighted by molar-refractivity contribution is 6.34. The molecular weight excluding hydrogens is 358 g/mol. The summed E-state index contributed by atoms with van der Waals surface area (Å²) in [5, 5.41) is 4.75. The standard InChI is InChI=1S/C22H30ClN3O/c23-20-12-16-9-10-25-21(16)13-19(20)22(27)26-18-7-3-15(4-8-18)11-14-1-5-17(24)6-2-14/h9-10,12-15,17-18,25H,1-8,11,24H2,(H,26,27). The molecule has 146 valence electrons. The van der Waals surface area contributed by atoms with E-state index < -0.39 is 0 Å². The quantitative estimate of drug-likeness (QED) is 0.689. The summed E-state index contributed by atoms with van der Waals surface area (Å²) < 4.78 is 0. The van der Waals surface area contributed by atoms with Crippen LogP contribution in [0, 0.1) is 11.8 Å². The van der Waals surface area contributed by atoms with E-state index in [0.29, 0.717) is 16.6 Å². The number of amides is 1. The number of carbonyl (C=O) groups excluding carboxylic acids is 1. The Morgan fingerprint density at radius 1 is 1.07 bits per heavy atom. The Kier molecular flexibility index (Phi) is 5.74. The number of halogens is 1. The van der Waals surface area contributed by atoms with E-state index in [1.54, 1.807) is 0 Å². The van der Waals surface area contributed by atoms with Gasteiger partial charge in [0.2, 0.25) is 0 Å². The molecule has 0 atom stereocenters. The molecule has 4 N–H and O–H groups in total. The molecular formula is C22H30ClN3O. The summed E-state index contributed by atoms with van der Waals surface area (Å²) in [5.41, 5.74) is 7.53. The molecule has 1 heterocycles. The van der Waals surface area contributed by atoms with Crippen LogP contribution in [-0.2, 0) is 0 Å². The second-order valence-corrected chi connectivity index (χ2v) is 9.01. The second kappa shape index (κ2) is 8.24. The molecule has 0 spiro atoms. The topological polar surface area (TPSA) is 70.9 Å². The van der Waals surface area contributed by atoms with Gasteiger partial charge in [-0.3, -0.25) is 4.79 Å². The molecule has 2 saturated carbocycles. The Morgan fingerprint density at radius 3 is 2.44 bits per heavy atom. The predicted molar refractivity (Wildman–Crippen MR) is 111 cm³/mol. The lowest BCUT2D eigenvalue weighted by Crippen LogP contribution is -2.38. The molecule has 2 aromatic rings. The van der Waals surface area contributed by atoms with Crippen LogP contribution >= 0.6 is 11.6 Å². The van der Waals surface area contributed by atoms with Crippen molar-refractivity contribution in [3.05, 3.63) is 35.0 Å². The lowest BCUT2D eigenvalue weighted by molar-refractivity contribution is 0.0918. The SMILES string of the molecule is NC1CCC(CC2CCC(NC(=O)c3cc4[nH]ccc4cc3Cl)CC2)CC1. The van der Waals surface area contributed by atoms with Crippen LogP contribution in [0.25, 0.3) is 10.9 Å². The van der Waals surface area contributed by atoms with Crippen molar-refractivity contribution in [2.24, 2.45) is 17.6 Å². The third-order valence-electron chi connectivity index (χ3n) is 6.63. The summed E-state index contributed by atoms with van der Waals surface area (Å²) in [6.45, 7) is 0. The van der Waals surface area contributed by atoms with E-state index in [9.17, 15) is 4.79 Å². The molecule has 0 saturated heterocycles. The molecule has 4 rings (SSSR count). The van der Waals surface area contributed by atoms with Crippen LogP contribution in [0.1, 0.15) is 68.1 Å². The molecule has 0 unspecified atom stereocenters. The van der Waals surface area contributed by atoms with Gasteiger partial charge in [0, 0.05) is 29.2 Å². The largest absolute Gasteiger partial charge is 0.361 e. The highest BCUT2D eigenvalue weighted by atomic mass is 35.5. The minimum Gasteiger partial charge on any atom is -0.361 e. The first kappa shape index (κ1) is 18.8. The first-order chi connectivity index (χ1) is 13.1. The van der Waals surface area contributed by atoms with Crippen molar-refractivity contribution in [2.75, 3.05) is 0 Å². The number of nitrogens with two attached hydrogens (primary N) is 1. The van der Waals surface area contributed by atoms with E-state index in [2.05, 4.69) is 10.3 Å². The minimum atomic E-state index is -0.0544. The van der Waals surface area contributed by atoms with Crippen LogP contribution < -0.4 is 11.1 Å². The molecule has 4 nitrogen and oxygen atoms in total. The molecule has 1 amide bonds. The van der Waals surface area contributed by atoms with Crippen LogP contribution in [-0.4, -0.2) is 23.0 Å². The number of benzene rings is 1. The summed E-state index contributed by atoms with van der Waals surface area (Å²) in [7, 11) is 0. The summed E-state index contributed by atoms with van der Waals surface area (Å²) >= 11 is 6.33. The predicted octanol–water partition coefficient (Wildman–Crippen LogP) is 5.02. The van der Waals surface area contributed by atoms with E-state index in [0.717, 1.165) is 35.6 Å². The van der Waals surface area contributed by atoms with Gasteiger partial charge in [0.1, 0.15) is 0 Å². The van der Waals surface area contributed by atoms with Crippen molar-refractivity contribution in [3.63, 3.8) is 0 Å². The van der Waals surface area contributed by atoms with Gasteiger partial charge in [-0.2, -0.15) is 0 Å². The average molecular weight is 388 g/mol. The lowest BCUT2D eigenvalue weighted by Gasteiger charge is -2.33. The maximum Gasteiger partial charge on any atom is 0.253 e. The first-order valence-electron chi connectivity index (χ1n) is 10.4. The van der Waals surface area contributed by atoms with Crippen LogP contribution in [0.15, 0.2) is 24.4 Å². The van der Waals surface area contributed by atoms with Crippen molar-refractivity contribution >= 4 is 28.4 Å². The monoisotopic (exact) mass is 387 g/mol. The van der Waals surface area contributed by atoms with Crippen molar-refractivity contribution in [1.29, 1.82) is 0 Å². The normalized spacial score (nSPS) is 29.0. The number of H-pyrrole nitrogens is 1. The maximum atomic E-state index is 12.7. The smallest absolute Gasteiger partial charge is 0.253 e. The van der Waals surface area contributed by atoms with Crippen LogP contribution in [0.5, 0.6) is 0 Å². The number of carbonyl (C=O) groups is 1. The molecule has 0 radical (unpaired) electrons. The van der Waals surface area contributed by atoms with Gasteiger partial charge in [-0.15, -0.1) is 0 Å². The highest BCUT2D eigenvalue weighted by Gasteiger charge is 2.27. The number of nitrogens with one attached hydrogen (secondary N) is 2. The Labute approximate surface area is 166 Å². The Hall–Kier alpha value is -1.52. The molecule has 5 heteroatoms. The first-order valence-corrected chi connectivity index (χ1v) is 10.8. The van der Waals surface area contributed by atoms with E-state index in [1.165, 1.54) is 44.9 Å². The summed E-state index contributed by atoms with van der Waals surface area (Å²) in [5.74, 6) is 1.63. The highest BCUT2D eigenvalue weighted by Crippen LogP contribution is 2.35. The number of hydrogen-bond acceptors (Lipinski definition) is 2. The van der Waals surface area contributed by atoms with E-state index in [1.807, 2.05) is 24.4 Å². The fourth-order valence-corrected chi connectivity index (χ4v) is 5.21. The molecule has 1 aromatic heterocycles. The van der Waals surface area contributed by atoms with Crippen LogP contribution in [0.3, 0.4) is 0 Å². The Bertz CT molecular complexity index is 786. The van der Waals surface area contributed by atoms with Crippen molar-refractivity contribution in [3.8, 4) is 0 Å². The van der Waals surface area contributed by atoms with E-state index in [-0.39, 0.29) is 11.9 Å². The molecule has 0 bridgehead atoms. The number of aromatic amines is 1. The number of fused-ring (bicyclic) bond motifs is 1. The van der Waals surface area contributed by atoms with E-state index >= 15 is 0 Å². The molecule has 0 aliphatic heterocycles. The van der Waals surface area contributed by atoms with Gasteiger partial charge in [-0.05, 0) is 87.8 Å². The lowest BCUT2D eigenvalue weighted by atomic mass is 9.76. The maximum absolute atomic E-state index is 12.7. The third-order valence-corrected chi connectivity index (χ3v) is 6.94. The average Bonchev–Trinajstić information content (AvgIpc) is 3.11. The van der Waals surface area contributed by atoms with Gasteiger partial charge in [-0.1, -0.05) is 11.6 Å². The zero-order valence-electron chi connectivity index (χ0n) is 15.8. The van der Waals surface area contributed by atoms with Gasteiger partial charge in [-0.25, -0.2) is 0 Å². The minimum absolute atomic E-state index is 0.0544. The number of aromatic nitrogens is 1. The molecule has 2 aliphatic carbocycles. The number of hydrogen-bond donors (Lipinski definition) is 3. The Morgan fingerprint density at radius 2 is 1.74 bits per heavy atom. The van der Waals surface area contributed by atoms with Gasteiger partial charge >= 0.3 is 0 Å². The van der Waals surface area contributed by atoms with Crippen molar-refractivity contribution in [2.45, 2.75) is 69.9 Å². The summed E-state index contributed by atoms with van der Waals surface area (Å²) in [4.78, 5) is 15.9. The third kappa shape index (κ3) is 4.49. The zero-order chi connectivity index (χ0) is 18.8. The fourth-order valence-electron chi connectivity index (χ4n) is 4.95. The van der Waals surface area contributed by atoms with Gasteiger partial charge < -0.3 is 16.0 Å². The number of rotatable bonds is 4. The molecule has 1 aromatic carbocycles. The van der Waals surface area contributed by atoms with Crippen LogP contribution in [0.4, 0.5) is 0 Å². The van der Waals surface area contributed by atoms with Gasteiger partial charge in [0.05, 0.1) is 10.6 Å². The zero-order valence-corrected chi connectivity index (χ0v) is 16.6. The Balaban J connectivity index is 1.28. The van der Waals surface area contributed by atoms with Gasteiger partial charge in [0.25, 0.3) is 5.91 Å². The van der Waals surface area contributed by atoms with Crippen LogP contribution in [0.2, 0.25) is 5.02 Å².